The summed E-state index contributed by atoms with van der Waals surface area (Å²) in [5, 5.41) is 2.81. The van der Waals surface area contributed by atoms with Gasteiger partial charge in [-0.3, -0.25) is 9.59 Å². The molecule has 9 nitrogen and oxygen atoms in total. The Morgan fingerprint density at radius 3 is 2.26 bits per heavy atom. The molecule has 0 heterocycles. The molecule has 0 aliphatic carbocycles. The van der Waals surface area contributed by atoms with Crippen molar-refractivity contribution < 1.29 is 27.5 Å². The smallest absolute Gasteiger partial charge is 0.242 e. The number of hydrogen-bond donors (Lipinski definition) is 1. The van der Waals surface area contributed by atoms with E-state index in [2.05, 4.69) is 5.32 Å². The average Bonchev–Trinajstić information content (AvgIpc) is 2.70. The van der Waals surface area contributed by atoms with Crippen molar-refractivity contribution in [2.45, 2.75) is 45.9 Å². The molecule has 176 valence electrons. The van der Waals surface area contributed by atoms with Crippen LogP contribution in [0.15, 0.2) is 24.3 Å². The molecule has 0 saturated heterocycles. The molecule has 0 spiro atoms. The standard InChI is InChI=1S/C21H35N3O6S/c1-16(2)30-13-7-12-22-21(26)17(3)24(20(25)15-23(4)31(6,27)28)14-18-8-10-19(29-5)11-9-18/h8-11,16-17H,7,12-15H2,1-6H3,(H,22,26)/t17-/m0/s1. The lowest BCUT2D eigenvalue weighted by Crippen LogP contribution is -2.50. The highest BCUT2D eigenvalue weighted by molar-refractivity contribution is 7.88. The van der Waals surface area contributed by atoms with E-state index in [1.807, 2.05) is 13.8 Å². The Bertz CT molecular complexity index is 811. The van der Waals surface area contributed by atoms with Gasteiger partial charge in [0.15, 0.2) is 0 Å². The number of rotatable bonds is 13. The summed E-state index contributed by atoms with van der Waals surface area (Å²) in [4.78, 5) is 27.0. The van der Waals surface area contributed by atoms with Gasteiger partial charge in [-0.25, -0.2) is 8.42 Å². The van der Waals surface area contributed by atoms with E-state index in [1.54, 1.807) is 38.3 Å². The van der Waals surface area contributed by atoms with Crippen LogP contribution in [0.1, 0.15) is 32.8 Å². The van der Waals surface area contributed by atoms with Crippen LogP contribution in [0.5, 0.6) is 5.75 Å². The third kappa shape index (κ3) is 9.67. The fourth-order valence-corrected chi connectivity index (χ4v) is 3.00. The molecule has 1 atom stereocenters. The van der Waals surface area contributed by atoms with Crippen LogP contribution in [0.3, 0.4) is 0 Å². The molecule has 2 amide bonds. The molecule has 1 aromatic rings. The van der Waals surface area contributed by atoms with Crippen molar-refractivity contribution in [3.63, 3.8) is 0 Å². The van der Waals surface area contributed by atoms with Crippen molar-refractivity contribution in [2.24, 2.45) is 0 Å². The molecule has 31 heavy (non-hydrogen) atoms. The maximum atomic E-state index is 12.9. The molecule has 0 aliphatic heterocycles. The molecule has 0 bridgehead atoms. The highest BCUT2D eigenvalue weighted by atomic mass is 32.2. The van der Waals surface area contributed by atoms with Crippen LogP contribution in [0.2, 0.25) is 0 Å². The second kappa shape index (κ2) is 12.6. The van der Waals surface area contributed by atoms with Crippen molar-refractivity contribution in [2.75, 3.05) is 40.1 Å². The summed E-state index contributed by atoms with van der Waals surface area (Å²) in [6.45, 7) is 6.26. The first-order chi connectivity index (χ1) is 14.5. The van der Waals surface area contributed by atoms with Gasteiger partial charge in [-0.05, 0) is 44.9 Å². The first kappa shape index (κ1) is 26.9. The molecule has 0 saturated carbocycles. The summed E-state index contributed by atoms with van der Waals surface area (Å²) >= 11 is 0. The summed E-state index contributed by atoms with van der Waals surface area (Å²) in [7, 11) is -0.640. The molecular weight excluding hydrogens is 422 g/mol. The SMILES string of the molecule is COc1ccc(CN(C(=O)CN(C)S(C)(=O)=O)[C@@H](C)C(=O)NCCCOC(C)C)cc1. The van der Waals surface area contributed by atoms with E-state index in [0.29, 0.717) is 25.3 Å². The lowest BCUT2D eigenvalue weighted by Gasteiger charge is -2.30. The van der Waals surface area contributed by atoms with Crippen LogP contribution >= 0.6 is 0 Å². The Kier molecular flexibility index (Phi) is 10.9. The van der Waals surface area contributed by atoms with Crippen LogP contribution in [0.25, 0.3) is 0 Å². The zero-order valence-electron chi connectivity index (χ0n) is 19.3. The number of methoxy groups -OCH3 is 1. The van der Waals surface area contributed by atoms with Crippen LogP contribution in [-0.4, -0.2) is 81.7 Å². The van der Waals surface area contributed by atoms with Gasteiger partial charge in [-0.15, -0.1) is 0 Å². The maximum absolute atomic E-state index is 12.9. The normalized spacial score (nSPS) is 12.6. The number of nitrogens with one attached hydrogen (secondary N) is 1. The van der Waals surface area contributed by atoms with Gasteiger partial charge in [0.2, 0.25) is 21.8 Å². The van der Waals surface area contributed by atoms with Crippen molar-refractivity contribution in [3.8, 4) is 5.75 Å². The van der Waals surface area contributed by atoms with E-state index < -0.39 is 22.0 Å². The lowest BCUT2D eigenvalue weighted by atomic mass is 10.1. The summed E-state index contributed by atoms with van der Waals surface area (Å²) < 4.78 is 35.0. The molecule has 1 N–H and O–H groups in total. The van der Waals surface area contributed by atoms with Crippen LogP contribution in [0, 0.1) is 0 Å². The molecular formula is C21H35N3O6S. The zero-order chi connectivity index (χ0) is 23.6. The molecule has 0 aromatic heterocycles. The Morgan fingerprint density at radius 1 is 1.13 bits per heavy atom. The van der Waals surface area contributed by atoms with Gasteiger partial charge in [0.1, 0.15) is 11.8 Å². The van der Waals surface area contributed by atoms with Crippen molar-refractivity contribution >= 4 is 21.8 Å². The van der Waals surface area contributed by atoms with Gasteiger partial charge < -0.3 is 19.7 Å². The highest BCUT2D eigenvalue weighted by Crippen LogP contribution is 2.15. The fraction of sp³-hybridized carbons (Fsp3) is 0.619. The number of likely N-dealkylation sites (N-methyl/N-ethyl adjacent to an activating group) is 1. The number of carbonyl (C=O) groups is 2. The first-order valence-electron chi connectivity index (χ1n) is 10.2. The second-order valence-electron chi connectivity index (χ2n) is 7.63. The monoisotopic (exact) mass is 457 g/mol. The first-order valence-corrected chi connectivity index (χ1v) is 12.0. The summed E-state index contributed by atoms with van der Waals surface area (Å²) in [6.07, 6.45) is 1.81. The minimum absolute atomic E-state index is 0.124. The van der Waals surface area contributed by atoms with E-state index in [9.17, 15) is 18.0 Å². The third-order valence-electron chi connectivity index (χ3n) is 4.67. The Hall–Kier alpha value is -2.17. The number of carbonyl (C=O) groups excluding carboxylic acids is 2. The van der Waals surface area contributed by atoms with Gasteiger partial charge in [0.25, 0.3) is 0 Å². The predicted molar refractivity (Wildman–Crippen MR) is 119 cm³/mol. The predicted octanol–water partition coefficient (Wildman–Crippen LogP) is 1.24. The van der Waals surface area contributed by atoms with Gasteiger partial charge in [-0.1, -0.05) is 12.1 Å². The topological polar surface area (TPSA) is 105 Å². The highest BCUT2D eigenvalue weighted by Gasteiger charge is 2.28. The minimum atomic E-state index is -3.53. The van der Waals surface area contributed by atoms with Crippen molar-refractivity contribution in [1.29, 1.82) is 0 Å². The van der Waals surface area contributed by atoms with Crippen molar-refractivity contribution in [3.05, 3.63) is 29.8 Å². The molecule has 10 heteroatoms. The number of hydrogen-bond acceptors (Lipinski definition) is 6. The number of ether oxygens (including phenoxy) is 2. The van der Waals surface area contributed by atoms with Crippen LogP contribution in [0.4, 0.5) is 0 Å². The fourth-order valence-electron chi connectivity index (χ4n) is 2.66. The van der Waals surface area contributed by atoms with Gasteiger partial charge >= 0.3 is 0 Å². The molecule has 0 aliphatic rings. The van der Waals surface area contributed by atoms with Gasteiger partial charge in [-0.2, -0.15) is 4.31 Å². The zero-order valence-corrected chi connectivity index (χ0v) is 20.1. The second-order valence-corrected chi connectivity index (χ2v) is 9.72. The number of amides is 2. The van der Waals surface area contributed by atoms with Gasteiger partial charge in [0, 0.05) is 26.7 Å². The third-order valence-corrected chi connectivity index (χ3v) is 5.94. The van der Waals surface area contributed by atoms with E-state index in [1.165, 1.54) is 11.9 Å². The molecule has 1 rings (SSSR count). The molecule has 0 fully saturated rings. The van der Waals surface area contributed by atoms with E-state index >= 15 is 0 Å². The molecule has 1 aromatic carbocycles. The summed E-state index contributed by atoms with van der Waals surface area (Å²) in [5.41, 5.74) is 0.793. The molecule has 0 radical (unpaired) electrons. The number of nitrogens with zero attached hydrogens (tertiary/aromatic N) is 2. The van der Waals surface area contributed by atoms with Crippen LogP contribution in [-0.2, 0) is 30.9 Å². The number of sulfonamides is 1. The van der Waals surface area contributed by atoms with Crippen molar-refractivity contribution in [1.82, 2.24) is 14.5 Å². The van der Waals surface area contributed by atoms with E-state index in [4.69, 9.17) is 9.47 Å². The Balaban J connectivity index is 2.88. The van der Waals surface area contributed by atoms with Gasteiger partial charge in [0.05, 0.1) is 26.0 Å². The van der Waals surface area contributed by atoms with E-state index in [0.717, 1.165) is 16.1 Å². The van der Waals surface area contributed by atoms with Crippen LogP contribution < -0.4 is 10.1 Å². The average molecular weight is 458 g/mol. The largest absolute Gasteiger partial charge is 0.497 e. The Labute approximate surface area is 185 Å². The summed E-state index contributed by atoms with van der Waals surface area (Å²) in [6, 6.07) is 6.34. The minimum Gasteiger partial charge on any atom is -0.497 e. The molecule has 0 unspecified atom stereocenters. The van der Waals surface area contributed by atoms with E-state index in [-0.39, 0.29) is 25.1 Å². The Morgan fingerprint density at radius 2 is 1.74 bits per heavy atom. The maximum Gasteiger partial charge on any atom is 0.242 e. The lowest BCUT2D eigenvalue weighted by molar-refractivity contribution is -0.140. The summed E-state index contributed by atoms with van der Waals surface area (Å²) in [5.74, 6) is -0.101. The quantitative estimate of drug-likeness (QED) is 0.447. The number of benzene rings is 1.